The van der Waals surface area contributed by atoms with Crippen LogP contribution < -0.4 is 5.48 Å². The number of carbonyl (C=O) groups is 2. The van der Waals surface area contributed by atoms with E-state index >= 15 is 0 Å². The van der Waals surface area contributed by atoms with Gasteiger partial charge in [-0.1, -0.05) is 18.2 Å². The molecule has 1 N–H and O–H groups in total. The number of hydroxylamine groups is 1. The maximum absolute atomic E-state index is 14.7. The van der Waals surface area contributed by atoms with Crippen LogP contribution in [0.2, 0.25) is 0 Å². The van der Waals surface area contributed by atoms with Gasteiger partial charge >= 0.3 is 0 Å². The molecule has 4 rings (SSSR count). The Morgan fingerprint density at radius 1 is 1.31 bits per heavy atom. The van der Waals surface area contributed by atoms with Crippen molar-refractivity contribution in [2.24, 2.45) is 5.92 Å². The van der Waals surface area contributed by atoms with E-state index in [0.717, 1.165) is 24.8 Å². The highest BCUT2D eigenvalue weighted by molar-refractivity contribution is 7.81. The van der Waals surface area contributed by atoms with E-state index in [1.54, 1.807) is 24.4 Å². The smallest absolute Gasteiger partial charge is 0.265 e. The van der Waals surface area contributed by atoms with Gasteiger partial charge in [0, 0.05) is 36.0 Å². The molecule has 32 heavy (non-hydrogen) atoms. The van der Waals surface area contributed by atoms with E-state index in [9.17, 15) is 14.0 Å². The van der Waals surface area contributed by atoms with E-state index < -0.39 is 6.04 Å². The number of ketones is 1. The molecule has 9 heteroatoms. The maximum atomic E-state index is 14.7. The highest BCUT2D eigenvalue weighted by Crippen LogP contribution is 2.39. The number of benzene rings is 1. The number of amides is 1. The molecule has 2 fully saturated rings. The second-order valence-corrected chi connectivity index (χ2v) is 8.89. The molecular formula is C23H27FN4O3S. The topological polar surface area (TPSA) is 76.5 Å². The Kier molecular flexibility index (Phi) is 7.07. The third-order valence-corrected chi connectivity index (χ3v) is 6.42. The van der Waals surface area contributed by atoms with Crippen molar-refractivity contribution in [2.75, 3.05) is 20.2 Å². The average Bonchev–Trinajstić information content (AvgIpc) is 3.53. The lowest BCUT2D eigenvalue weighted by Crippen LogP contribution is -2.42. The highest BCUT2D eigenvalue weighted by Gasteiger charge is 2.40. The van der Waals surface area contributed by atoms with Gasteiger partial charge in [-0.3, -0.25) is 24.0 Å². The molecule has 1 amide bonds. The summed E-state index contributed by atoms with van der Waals surface area (Å²) in [4.78, 5) is 31.5. The minimum absolute atomic E-state index is 0.0190. The van der Waals surface area contributed by atoms with E-state index in [4.69, 9.17) is 12.6 Å². The molecule has 2 atom stereocenters. The van der Waals surface area contributed by atoms with Crippen molar-refractivity contribution in [1.82, 2.24) is 20.2 Å². The standard InChI is InChI=1S/C23H27FN4O3S/c1-31-26-21(29)14-28-11-8-17(25-28)12-16-13-27(10-9-20(16)32)22(23(30)15-6-7-15)18-4-2-3-5-19(18)24/h2-5,8,11-12,15,20,22,32H,6-7,9-10,13-14H2,1H3,(H,26,29)/b16-12-. The first-order chi connectivity index (χ1) is 15.5. The molecule has 1 aromatic carbocycles. The Hall–Kier alpha value is -2.49. The van der Waals surface area contributed by atoms with Crippen LogP contribution in [0.15, 0.2) is 42.1 Å². The summed E-state index contributed by atoms with van der Waals surface area (Å²) in [6, 6.07) is 7.77. The Balaban J connectivity index is 1.55. The predicted octanol–water partition coefficient (Wildman–Crippen LogP) is 2.81. The summed E-state index contributed by atoms with van der Waals surface area (Å²) in [6.07, 6.45) is 6.16. The van der Waals surface area contributed by atoms with Gasteiger partial charge in [0.05, 0.1) is 18.8 Å². The molecule has 1 saturated carbocycles. The third kappa shape index (κ3) is 5.28. The number of carbonyl (C=O) groups excluding carboxylic acids is 2. The number of piperidine rings is 1. The number of thiol groups is 1. The first-order valence-corrected chi connectivity index (χ1v) is 11.2. The fourth-order valence-electron chi connectivity index (χ4n) is 4.10. The van der Waals surface area contributed by atoms with Gasteiger partial charge in [-0.05, 0) is 43.0 Å². The predicted molar refractivity (Wildman–Crippen MR) is 121 cm³/mol. The lowest BCUT2D eigenvalue weighted by atomic mass is 9.93. The summed E-state index contributed by atoms with van der Waals surface area (Å²) in [5, 5.41) is 4.44. The van der Waals surface area contributed by atoms with E-state index in [0.29, 0.717) is 24.3 Å². The molecule has 0 radical (unpaired) electrons. The van der Waals surface area contributed by atoms with Crippen molar-refractivity contribution in [1.29, 1.82) is 0 Å². The van der Waals surface area contributed by atoms with E-state index in [1.165, 1.54) is 17.9 Å². The molecule has 1 aliphatic heterocycles. The number of hydrogen-bond donors (Lipinski definition) is 2. The summed E-state index contributed by atoms with van der Waals surface area (Å²) in [6.45, 7) is 1.20. The Bertz CT molecular complexity index is 1020. The Labute approximate surface area is 192 Å². The van der Waals surface area contributed by atoms with Gasteiger partial charge in [0.15, 0.2) is 5.78 Å². The van der Waals surface area contributed by atoms with Crippen LogP contribution in [0, 0.1) is 11.7 Å². The fraction of sp³-hybridized carbons (Fsp3) is 0.435. The number of likely N-dealkylation sites (tertiary alicyclic amines) is 1. The Morgan fingerprint density at radius 2 is 2.09 bits per heavy atom. The number of nitrogens with zero attached hydrogens (tertiary/aromatic N) is 3. The van der Waals surface area contributed by atoms with Gasteiger partial charge in [0.1, 0.15) is 12.4 Å². The summed E-state index contributed by atoms with van der Waals surface area (Å²) in [7, 11) is 1.38. The van der Waals surface area contributed by atoms with Crippen molar-refractivity contribution in [2.45, 2.75) is 37.1 Å². The fourth-order valence-corrected chi connectivity index (χ4v) is 4.37. The summed E-state index contributed by atoms with van der Waals surface area (Å²) in [5.74, 6) is -0.537. The normalized spacial score (nSPS) is 21.5. The molecule has 170 valence electrons. The van der Waals surface area contributed by atoms with Gasteiger partial charge < -0.3 is 0 Å². The monoisotopic (exact) mass is 458 g/mol. The SMILES string of the molecule is CONC(=O)Cn1ccc(/C=C2/CN(C(C(=O)C3CC3)c3ccccc3F)CCC2S)n1. The van der Waals surface area contributed by atoms with E-state index in [1.807, 2.05) is 12.1 Å². The zero-order valence-electron chi connectivity index (χ0n) is 17.9. The molecule has 1 aromatic heterocycles. The molecule has 0 bridgehead atoms. The number of halogens is 1. The van der Waals surface area contributed by atoms with Crippen LogP contribution in [-0.2, 0) is 21.0 Å². The van der Waals surface area contributed by atoms with Crippen LogP contribution in [0.5, 0.6) is 0 Å². The zero-order chi connectivity index (χ0) is 22.7. The molecule has 2 aliphatic rings. The van der Waals surface area contributed by atoms with Crippen LogP contribution in [0.3, 0.4) is 0 Å². The first kappa shape index (κ1) is 22.7. The second kappa shape index (κ2) is 9.97. The average molecular weight is 459 g/mol. The van der Waals surface area contributed by atoms with Crippen LogP contribution in [-0.4, -0.2) is 51.8 Å². The summed E-state index contributed by atoms with van der Waals surface area (Å²) in [5.41, 5.74) is 4.40. The maximum Gasteiger partial charge on any atom is 0.265 e. The largest absolute Gasteiger partial charge is 0.297 e. The number of aromatic nitrogens is 2. The molecule has 2 aromatic rings. The molecule has 2 heterocycles. The highest BCUT2D eigenvalue weighted by atomic mass is 32.1. The van der Waals surface area contributed by atoms with Gasteiger partial charge in [0.25, 0.3) is 5.91 Å². The molecule has 1 aliphatic carbocycles. The number of nitrogens with one attached hydrogen (secondary N) is 1. The van der Waals surface area contributed by atoms with Gasteiger partial charge in [0.2, 0.25) is 0 Å². The zero-order valence-corrected chi connectivity index (χ0v) is 18.8. The molecule has 7 nitrogen and oxygen atoms in total. The van der Waals surface area contributed by atoms with Gasteiger partial charge in [-0.2, -0.15) is 17.7 Å². The number of Topliss-reactive ketones (excluding diaryl/α,β-unsaturated/α-hetero) is 1. The van der Waals surface area contributed by atoms with Crippen molar-refractivity contribution >= 4 is 30.4 Å². The molecular weight excluding hydrogens is 431 g/mol. The van der Waals surface area contributed by atoms with E-state index in [2.05, 4.69) is 20.3 Å². The van der Waals surface area contributed by atoms with Gasteiger partial charge in [-0.25, -0.2) is 9.87 Å². The third-order valence-electron chi connectivity index (χ3n) is 5.83. The summed E-state index contributed by atoms with van der Waals surface area (Å²) < 4.78 is 16.2. The molecule has 1 saturated heterocycles. The van der Waals surface area contributed by atoms with Crippen LogP contribution >= 0.6 is 12.6 Å². The first-order valence-electron chi connectivity index (χ1n) is 10.7. The van der Waals surface area contributed by atoms with Crippen molar-refractivity contribution < 1.29 is 18.8 Å². The van der Waals surface area contributed by atoms with Gasteiger partial charge in [-0.15, -0.1) is 0 Å². The molecule has 2 unspecified atom stereocenters. The second-order valence-electron chi connectivity index (χ2n) is 8.26. The Morgan fingerprint density at radius 3 is 2.81 bits per heavy atom. The van der Waals surface area contributed by atoms with E-state index in [-0.39, 0.29) is 35.2 Å². The minimum atomic E-state index is -0.594. The van der Waals surface area contributed by atoms with Crippen LogP contribution in [0.25, 0.3) is 6.08 Å². The van der Waals surface area contributed by atoms with Crippen LogP contribution in [0.1, 0.15) is 36.6 Å². The number of hydrogen-bond acceptors (Lipinski definition) is 6. The quantitative estimate of drug-likeness (QED) is 0.470. The van der Waals surface area contributed by atoms with Crippen molar-refractivity contribution in [3.63, 3.8) is 0 Å². The lowest BCUT2D eigenvalue weighted by molar-refractivity contribution is -0.132. The van der Waals surface area contributed by atoms with Crippen LogP contribution in [0.4, 0.5) is 4.39 Å². The number of rotatable bonds is 8. The summed E-state index contributed by atoms with van der Waals surface area (Å²) >= 11 is 4.73. The molecule has 0 spiro atoms. The van der Waals surface area contributed by atoms with Crippen molar-refractivity contribution in [3.8, 4) is 0 Å². The van der Waals surface area contributed by atoms with Crippen molar-refractivity contribution in [3.05, 3.63) is 59.2 Å². The lowest BCUT2D eigenvalue weighted by Gasteiger charge is -2.37. The minimum Gasteiger partial charge on any atom is -0.297 e.